The molecule has 2 N–H and O–H groups in total. The summed E-state index contributed by atoms with van der Waals surface area (Å²) in [7, 11) is 0. The Hall–Kier alpha value is 0.200. The van der Waals surface area contributed by atoms with E-state index in [2.05, 4.69) is 0 Å². The molecule has 0 aromatic rings. The first kappa shape index (κ1) is 15.7. The fourth-order valence-corrected chi connectivity index (χ4v) is 0. The van der Waals surface area contributed by atoms with Crippen LogP contribution in [-0.4, -0.2) is 60.9 Å². The molecule has 0 aliphatic heterocycles. The van der Waals surface area contributed by atoms with E-state index in [4.69, 9.17) is 19.8 Å². The topological polar surface area (TPSA) is 74.6 Å². The van der Waals surface area contributed by atoms with Gasteiger partial charge in [0.15, 0.2) is 0 Å². The van der Waals surface area contributed by atoms with E-state index in [9.17, 15) is 0 Å². The van der Waals surface area contributed by atoms with Crippen molar-refractivity contribution in [3.8, 4) is 0 Å². The Morgan fingerprint density at radius 3 is 1.00 bits per heavy atom. The summed E-state index contributed by atoms with van der Waals surface area (Å²) >= 11 is 0. The van der Waals surface area contributed by atoms with Crippen LogP contribution in [0, 0.1) is 0 Å². The molecule has 0 fully saturated rings. The Morgan fingerprint density at radius 1 is 1.00 bits per heavy atom. The molecule has 0 radical (unpaired) electrons. The van der Waals surface area contributed by atoms with Crippen LogP contribution in [0.5, 0.6) is 0 Å². The van der Waals surface area contributed by atoms with Gasteiger partial charge < -0.3 is 19.8 Å². The van der Waals surface area contributed by atoms with Gasteiger partial charge in [-0.05, 0) is 0 Å². The van der Waals surface area contributed by atoms with E-state index < -0.39 is 0 Å². The molecule has 0 bridgehead atoms. The summed E-state index contributed by atoms with van der Waals surface area (Å²) in [5.74, 6) is 0. The minimum atomic E-state index is 0. The summed E-state index contributed by atoms with van der Waals surface area (Å²) in [5.41, 5.74) is 0. The molecule has 0 saturated heterocycles. The van der Waals surface area contributed by atoms with Gasteiger partial charge >= 0.3 is 37.7 Å². The van der Waals surface area contributed by atoms with Gasteiger partial charge in [0.25, 0.3) is 0 Å². The third-order valence-corrected chi connectivity index (χ3v) is 0. The van der Waals surface area contributed by atoms with Crippen molar-refractivity contribution in [3.05, 3.63) is 0 Å². The Bertz CT molecular complexity index is 30.7. The summed E-state index contributed by atoms with van der Waals surface area (Å²) in [6.07, 6.45) is 0. The second-order valence-corrected chi connectivity index (χ2v) is 0.183. The van der Waals surface area contributed by atoms with Crippen LogP contribution in [-0.2, 0) is 9.59 Å². The molecule has 0 spiro atoms. The molecule has 0 aliphatic carbocycles. The van der Waals surface area contributed by atoms with Crippen LogP contribution < -0.4 is 0 Å². The number of hydrogen-bond donors (Lipinski definition) is 2. The SMILES string of the molecule is O=[C-]O.O=[C-]O.[Ca+2]. The third kappa shape index (κ3) is 2740. The number of rotatable bonds is 0. The molecule has 0 saturated carbocycles. The van der Waals surface area contributed by atoms with Gasteiger partial charge in [0, 0.05) is 0 Å². The zero-order valence-electron chi connectivity index (χ0n) is 3.42. The fourth-order valence-electron chi connectivity index (χ4n) is 0. The molecule has 0 rings (SSSR count). The van der Waals surface area contributed by atoms with Gasteiger partial charge in [0.1, 0.15) is 0 Å². The Kier molecular flexibility index (Phi) is 77.6. The van der Waals surface area contributed by atoms with E-state index in [0.717, 1.165) is 0 Å². The quantitative estimate of drug-likeness (QED) is 0.320. The first-order valence-electron chi connectivity index (χ1n) is 0.855. The zero-order chi connectivity index (χ0) is 5.41. The monoisotopic (exact) mass is 130 g/mol. The zero-order valence-corrected chi connectivity index (χ0v) is 5.63. The van der Waals surface area contributed by atoms with Crippen LogP contribution in [0.1, 0.15) is 0 Å². The van der Waals surface area contributed by atoms with Crippen molar-refractivity contribution in [3.63, 3.8) is 0 Å². The van der Waals surface area contributed by atoms with Crippen molar-refractivity contribution < 1.29 is 19.8 Å². The van der Waals surface area contributed by atoms with Crippen LogP contribution in [0.25, 0.3) is 0 Å². The van der Waals surface area contributed by atoms with E-state index in [1.165, 1.54) is 0 Å². The van der Waals surface area contributed by atoms with Gasteiger partial charge in [-0.3, -0.25) is 0 Å². The van der Waals surface area contributed by atoms with Gasteiger partial charge in [0.2, 0.25) is 0 Å². The Labute approximate surface area is 70.1 Å². The second-order valence-electron chi connectivity index (χ2n) is 0.183. The molecule has 5 heteroatoms. The van der Waals surface area contributed by atoms with Crippen LogP contribution in [0.3, 0.4) is 0 Å². The minimum absolute atomic E-state index is 0. The summed E-state index contributed by atoms with van der Waals surface area (Å²) in [6.45, 7) is 1.00. The Balaban J connectivity index is -0.0000000400. The molecule has 0 unspecified atom stereocenters. The molecule has 0 atom stereocenters. The van der Waals surface area contributed by atoms with E-state index >= 15 is 0 Å². The van der Waals surface area contributed by atoms with Crippen LogP contribution in [0.2, 0.25) is 0 Å². The normalized spacial score (nSPS) is 3.43. The maximum atomic E-state index is 8.24. The molecular formula is C2H2CaO4. The second kappa shape index (κ2) is 34.6. The molecule has 0 aliphatic rings. The maximum absolute atomic E-state index is 8.24. The average Bonchev–Trinajstić information content (AvgIpc) is 1.39. The molecule has 7 heavy (non-hydrogen) atoms. The molecule has 4 nitrogen and oxygen atoms in total. The summed E-state index contributed by atoms with van der Waals surface area (Å²) in [4.78, 5) is 16.5. The van der Waals surface area contributed by atoms with Crippen molar-refractivity contribution in [1.29, 1.82) is 0 Å². The van der Waals surface area contributed by atoms with Crippen LogP contribution in [0.15, 0.2) is 0 Å². The smallest absolute Gasteiger partial charge is 0.665 e. The predicted molar refractivity (Wildman–Crippen MR) is 22.4 cm³/mol. The summed E-state index contributed by atoms with van der Waals surface area (Å²) < 4.78 is 0. The molecule has 0 aromatic carbocycles. The summed E-state index contributed by atoms with van der Waals surface area (Å²) in [5, 5.41) is 13.5. The fraction of sp³-hybridized carbons (Fsp3) is 0. The number of aliphatic hydroxyl groups excluding tert-OH is 2. The molecule has 0 heterocycles. The third-order valence-electron chi connectivity index (χ3n) is 0. The maximum Gasteiger partial charge on any atom is 2.00 e. The summed E-state index contributed by atoms with van der Waals surface area (Å²) in [6, 6.07) is 0. The minimum Gasteiger partial charge on any atom is -0.665 e. The largest absolute Gasteiger partial charge is 2.00 e. The van der Waals surface area contributed by atoms with Crippen molar-refractivity contribution in [2.24, 2.45) is 0 Å². The predicted octanol–water partition coefficient (Wildman–Crippen LogP) is -1.16. The molecule has 0 aromatic heterocycles. The molecular weight excluding hydrogens is 128 g/mol. The van der Waals surface area contributed by atoms with Crippen molar-refractivity contribution in [2.75, 3.05) is 0 Å². The van der Waals surface area contributed by atoms with Crippen molar-refractivity contribution in [1.82, 2.24) is 0 Å². The standard InChI is InChI=1S/2CHO2.Ca/c2*2-1-3;/h2*(H,2,3);/q2*-1;+2. The first-order chi connectivity index (χ1) is 2.83. The molecule has 0 amide bonds. The van der Waals surface area contributed by atoms with Gasteiger partial charge in [-0.25, -0.2) is 0 Å². The van der Waals surface area contributed by atoms with Crippen LogP contribution in [0.4, 0.5) is 0 Å². The van der Waals surface area contributed by atoms with Gasteiger partial charge in [-0.15, -0.1) is 0 Å². The molecule has 36 valence electrons. The van der Waals surface area contributed by atoms with Crippen molar-refractivity contribution >= 4 is 50.7 Å². The first-order valence-corrected chi connectivity index (χ1v) is 0.855. The van der Waals surface area contributed by atoms with E-state index in [1.54, 1.807) is 0 Å². The van der Waals surface area contributed by atoms with Crippen molar-refractivity contribution in [2.45, 2.75) is 0 Å². The number of hydrogen-bond acceptors (Lipinski definition) is 2. The average molecular weight is 130 g/mol. The van der Waals surface area contributed by atoms with Gasteiger partial charge in [-0.2, -0.15) is 0 Å². The van der Waals surface area contributed by atoms with E-state index in [0.29, 0.717) is 12.9 Å². The van der Waals surface area contributed by atoms with Crippen LogP contribution >= 0.6 is 0 Å². The van der Waals surface area contributed by atoms with Gasteiger partial charge in [0.05, 0.1) is 0 Å². The van der Waals surface area contributed by atoms with E-state index in [1.807, 2.05) is 0 Å². The van der Waals surface area contributed by atoms with E-state index in [-0.39, 0.29) is 37.7 Å². The van der Waals surface area contributed by atoms with Gasteiger partial charge in [-0.1, -0.05) is 12.9 Å². The Morgan fingerprint density at radius 2 is 1.00 bits per heavy atom.